The fourth-order valence-electron chi connectivity index (χ4n) is 1.02. The maximum atomic E-state index is 13.2. The van der Waals surface area contributed by atoms with Crippen LogP contribution < -0.4 is 10.5 Å². The maximum absolute atomic E-state index is 13.2. The number of nitrogen functional groups attached to an aromatic ring is 1. The van der Waals surface area contributed by atoms with Gasteiger partial charge in [0.05, 0.1) is 0 Å². The van der Waals surface area contributed by atoms with Crippen LogP contribution >= 0.6 is 15.9 Å². The van der Waals surface area contributed by atoms with Crippen LogP contribution in [0.3, 0.4) is 0 Å². The number of hydrogen-bond acceptors (Lipinski definition) is 3. The first-order chi connectivity index (χ1) is 7.00. The Kier molecular flexibility index (Phi) is 4.35. The molecule has 1 rings (SSSR count). The Balaban J connectivity index is 2.68. The summed E-state index contributed by atoms with van der Waals surface area (Å²) in [6.45, 7) is 1.24. The van der Waals surface area contributed by atoms with Crippen LogP contribution in [0.4, 0.5) is 10.1 Å². The summed E-state index contributed by atoms with van der Waals surface area (Å²) in [7, 11) is 3.88. The van der Waals surface area contributed by atoms with E-state index in [2.05, 4.69) is 15.9 Å². The standard InChI is InChI=1S/C10H14BrFN2O/c1-14(2)3-4-15-9-6-7(11)5-8(12)10(9)13/h5-6H,3-4,13H2,1-2H3. The predicted octanol–water partition coefficient (Wildman–Crippen LogP) is 2.11. The van der Waals surface area contributed by atoms with E-state index >= 15 is 0 Å². The third kappa shape index (κ3) is 3.68. The first-order valence-corrected chi connectivity index (χ1v) is 5.32. The van der Waals surface area contributed by atoms with Crippen LogP contribution in [-0.2, 0) is 0 Å². The molecular weight excluding hydrogens is 263 g/mol. The van der Waals surface area contributed by atoms with Gasteiger partial charge in [-0.1, -0.05) is 15.9 Å². The number of ether oxygens (including phenoxy) is 1. The van der Waals surface area contributed by atoms with Crippen molar-refractivity contribution in [3.8, 4) is 5.75 Å². The number of hydrogen-bond donors (Lipinski definition) is 1. The zero-order valence-corrected chi connectivity index (χ0v) is 10.3. The minimum absolute atomic E-state index is 0.0527. The summed E-state index contributed by atoms with van der Waals surface area (Å²) in [6, 6.07) is 2.97. The number of nitrogens with two attached hydrogens (primary N) is 1. The van der Waals surface area contributed by atoms with Gasteiger partial charge in [-0.3, -0.25) is 0 Å². The molecule has 0 amide bonds. The van der Waals surface area contributed by atoms with Crippen LogP contribution in [0.15, 0.2) is 16.6 Å². The molecule has 0 bridgehead atoms. The van der Waals surface area contributed by atoms with Gasteiger partial charge in [0.2, 0.25) is 0 Å². The lowest BCUT2D eigenvalue weighted by Gasteiger charge is -2.13. The van der Waals surface area contributed by atoms with Crippen LogP contribution in [0.1, 0.15) is 0 Å². The molecule has 15 heavy (non-hydrogen) atoms. The Morgan fingerprint density at radius 1 is 1.47 bits per heavy atom. The van der Waals surface area contributed by atoms with E-state index in [9.17, 15) is 4.39 Å². The quantitative estimate of drug-likeness (QED) is 0.857. The van der Waals surface area contributed by atoms with Crippen molar-refractivity contribution in [2.75, 3.05) is 33.0 Å². The van der Waals surface area contributed by atoms with Gasteiger partial charge in [-0.25, -0.2) is 4.39 Å². The molecule has 84 valence electrons. The highest BCUT2D eigenvalue weighted by atomic mass is 79.9. The minimum atomic E-state index is -0.468. The van der Waals surface area contributed by atoms with Crippen LogP contribution in [0, 0.1) is 5.82 Å². The Hall–Kier alpha value is -0.810. The summed E-state index contributed by atoms with van der Waals surface area (Å²) in [4.78, 5) is 1.98. The zero-order chi connectivity index (χ0) is 11.4. The molecule has 0 aromatic heterocycles. The monoisotopic (exact) mass is 276 g/mol. The molecule has 0 spiro atoms. The van der Waals surface area contributed by atoms with Crippen LogP contribution in [0.2, 0.25) is 0 Å². The molecule has 0 aliphatic carbocycles. The maximum Gasteiger partial charge on any atom is 0.151 e. The molecule has 0 aliphatic heterocycles. The molecule has 2 N–H and O–H groups in total. The molecule has 1 aromatic rings. The summed E-state index contributed by atoms with van der Waals surface area (Å²) < 4.78 is 19.2. The van der Waals surface area contributed by atoms with Gasteiger partial charge in [-0.2, -0.15) is 0 Å². The van der Waals surface area contributed by atoms with Crippen molar-refractivity contribution in [1.29, 1.82) is 0 Å². The first-order valence-electron chi connectivity index (χ1n) is 4.52. The molecule has 0 atom stereocenters. The molecule has 0 radical (unpaired) electrons. The van der Waals surface area contributed by atoms with Gasteiger partial charge in [0.25, 0.3) is 0 Å². The minimum Gasteiger partial charge on any atom is -0.490 e. The highest BCUT2D eigenvalue weighted by molar-refractivity contribution is 9.10. The third-order valence-corrected chi connectivity index (χ3v) is 2.31. The Bertz CT molecular complexity index is 344. The number of likely N-dealkylation sites (N-methyl/N-ethyl adjacent to an activating group) is 1. The first kappa shape index (κ1) is 12.3. The molecule has 0 unspecified atom stereocenters. The second-order valence-corrected chi connectivity index (χ2v) is 4.37. The Morgan fingerprint density at radius 3 is 2.73 bits per heavy atom. The zero-order valence-electron chi connectivity index (χ0n) is 8.76. The van der Waals surface area contributed by atoms with Crippen LogP contribution in [0.25, 0.3) is 0 Å². The van der Waals surface area contributed by atoms with E-state index in [4.69, 9.17) is 10.5 Å². The van der Waals surface area contributed by atoms with Crippen molar-refractivity contribution in [2.24, 2.45) is 0 Å². The summed E-state index contributed by atoms with van der Waals surface area (Å²) in [5.74, 6) is -0.0899. The molecule has 0 fully saturated rings. The normalized spacial score (nSPS) is 10.7. The summed E-state index contributed by atoms with van der Waals surface area (Å²) in [5.41, 5.74) is 5.59. The van der Waals surface area contributed by atoms with E-state index in [-0.39, 0.29) is 5.69 Å². The SMILES string of the molecule is CN(C)CCOc1cc(Br)cc(F)c1N. The molecule has 0 aliphatic rings. The van der Waals surface area contributed by atoms with Crippen molar-refractivity contribution in [2.45, 2.75) is 0 Å². The Labute approximate surface area is 97.1 Å². The smallest absolute Gasteiger partial charge is 0.151 e. The summed E-state index contributed by atoms with van der Waals surface area (Å²) in [6.07, 6.45) is 0. The average Bonchev–Trinajstić information content (AvgIpc) is 2.12. The molecule has 1 aromatic carbocycles. The Morgan fingerprint density at radius 2 is 2.13 bits per heavy atom. The van der Waals surface area contributed by atoms with E-state index in [0.717, 1.165) is 6.54 Å². The molecule has 0 saturated heterocycles. The molecule has 0 heterocycles. The van der Waals surface area contributed by atoms with E-state index in [0.29, 0.717) is 16.8 Å². The second kappa shape index (κ2) is 5.32. The number of nitrogens with zero attached hydrogens (tertiary/aromatic N) is 1. The average molecular weight is 277 g/mol. The second-order valence-electron chi connectivity index (χ2n) is 3.45. The number of benzene rings is 1. The molecule has 3 nitrogen and oxygen atoms in total. The van der Waals surface area contributed by atoms with Crippen molar-refractivity contribution < 1.29 is 9.13 Å². The summed E-state index contributed by atoms with van der Waals surface area (Å²) >= 11 is 3.18. The number of anilines is 1. The van der Waals surface area contributed by atoms with Gasteiger partial charge >= 0.3 is 0 Å². The predicted molar refractivity (Wildman–Crippen MR) is 62.6 cm³/mol. The van der Waals surface area contributed by atoms with Gasteiger partial charge in [-0.15, -0.1) is 0 Å². The fourth-order valence-corrected chi connectivity index (χ4v) is 1.43. The van der Waals surface area contributed by atoms with Crippen molar-refractivity contribution in [3.63, 3.8) is 0 Å². The molecular formula is C10H14BrFN2O. The van der Waals surface area contributed by atoms with Crippen molar-refractivity contribution >= 4 is 21.6 Å². The number of rotatable bonds is 4. The molecule has 0 saturated carbocycles. The fraction of sp³-hybridized carbons (Fsp3) is 0.400. The lowest BCUT2D eigenvalue weighted by molar-refractivity contribution is 0.261. The molecule has 5 heteroatoms. The van der Waals surface area contributed by atoms with Crippen molar-refractivity contribution in [1.82, 2.24) is 4.90 Å². The van der Waals surface area contributed by atoms with Gasteiger partial charge < -0.3 is 15.4 Å². The highest BCUT2D eigenvalue weighted by Crippen LogP contribution is 2.28. The van der Waals surface area contributed by atoms with E-state index < -0.39 is 5.82 Å². The van der Waals surface area contributed by atoms with Crippen LogP contribution in [-0.4, -0.2) is 32.1 Å². The topological polar surface area (TPSA) is 38.5 Å². The van der Waals surface area contributed by atoms with Gasteiger partial charge in [-0.05, 0) is 26.2 Å². The van der Waals surface area contributed by atoms with Gasteiger partial charge in [0.15, 0.2) is 5.82 Å². The number of halogens is 2. The largest absolute Gasteiger partial charge is 0.490 e. The van der Waals surface area contributed by atoms with Crippen molar-refractivity contribution in [3.05, 3.63) is 22.4 Å². The third-order valence-electron chi connectivity index (χ3n) is 1.85. The lowest BCUT2D eigenvalue weighted by Crippen LogP contribution is -2.19. The van der Waals surface area contributed by atoms with E-state index in [1.165, 1.54) is 6.07 Å². The lowest BCUT2D eigenvalue weighted by atomic mass is 10.3. The summed E-state index contributed by atoms with van der Waals surface area (Å²) in [5, 5.41) is 0. The van der Waals surface area contributed by atoms with Gasteiger partial charge in [0.1, 0.15) is 18.0 Å². The van der Waals surface area contributed by atoms with E-state index in [1.807, 2.05) is 19.0 Å². The van der Waals surface area contributed by atoms with Crippen LogP contribution in [0.5, 0.6) is 5.75 Å². The van der Waals surface area contributed by atoms with E-state index in [1.54, 1.807) is 6.07 Å². The highest BCUT2D eigenvalue weighted by Gasteiger charge is 2.08. The van der Waals surface area contributed by atoms with Gasteiger partial charge in [0, 0.05) is 11.0 Å².